The molecule has 1 aliphatic rings. The smallest absolute Gasteiger partial charge is 0.373 e. The molecule has 2 N–H and O–H groups in total. The van der Waals surface area contributed by atoms with Gasteiger partial charge in [-0.1, -0.05) is 6.42 Å². The summed E-state index contributed by atoms with van der Waals surface area (Å²) in [7, 11) is 1.35. The second-order valence-electron chi connectivity index (χ2n) is 4.95. The van der Waals surface area contributed by atoms with Gasteiger partial charge >= 0.3 is 5.97 Å². The number of piperidine rings is 1. The van der Waals surface area contributed by atoms with Gasteiger partial charge in [-0.25, -0.2) is 4.79 Å². The standard InChI is InChI=1S/C14H22N2O3/c1-18-14(17)13-6-5-12(19-13)10-16-9-3-2-4-11(16)7-8-15/h5-6,11H,2-4,7-10,15H2,1H3. The van der Waals surface area contributed by atoms with E-state index in [1.807, 2.05) is 6.07 Å². The van der Waals surface area contributed by atoms with Crippen LogP contribution in [-0.4, -0.2) is 37.1 Å². The van der Waals surface area contributed by atoms with E-state index in [1.54, 1.807) is 6.07 Å². The van der Waals surface area contributed by atoms with Crippen molar-refractivity contribution in [3.05, 3.63) is 23.7 Å². The van der Waals surface area contributed by atoms with Crippen LogP contribution in [0, 0.1) is 0 Å². The lowest BCUT2D eigenvalue weighted by atomic mass is 9.99. The van der Waals surface area contributed by atoms with Crippen molar-refractivity contribution in [1.82, 2.24) is 4.90 Å². The third-order valence-electron chi connectivity index (χ3n) is 3.66. The zero-order valence-electron chi connectivity index (χ0n) is 11.4. The summed E-state index contributed by atoms with van der Waals surface area (Å²) in [6.45, 7) is 2.52. The van der Waals surface area contributed by atoms with E-state index >= 15 is 0 Å². The predicted molar refractivity (Wildman–Crippen MR) is 71.8 cm³/mol. The fraction of sp³-hybridized carbons (Fsp3) is 0.643. The number of furan rings is 1. The lowest BCUT2D eigenvalue weighted by Crippen LogP contribution is -2.40. The number of methoxy groups -OCH3 is 1. The van der Waals surface area contributed by atoms with Crippen molar-refractivity contribution in [3.8, 4) is 0 Å². The summed E-state index contributed by atoms with van der Waals surface area (Å²) in [6, 6.07) is 4.05. The fourth-order valence-electron chi connectivity index (χ4n) is 2.66. The number of esters is 1. The molecule has 0 aliphatic carbocycles. The minimum atomic E-state index is -0.427. The van der Waals surface area contributed by atoms with Crippen molar-refractivity contribution < 1.29 is 13.9 Å². The minimum Gasteiger partial charge on any atom is -0.463 e. The number of hydrogen-bond donors (Lipinski definition) is 1. The van der Waals surface area contributed by atoms with Gasteiger partial charge in [0.15, 0.2) is 0 Å². The zero-order chi connectivity index (χ0) is 13.7. The Balaban J connectivity index is 1.98. The van der Waals surface area contributed by atoms with Crippen LogP contribution in [0.2, 0.25) is 0 Å². The van der Waals surface area contributed by atoms with E-state index in [0.717, 1.165) is 25.3 Å². The Kier molecular flexibility index (Phi) is 4.99. The Labute approximate surface area is 113 Å². The summed E-state index contributed by atoms with van der Waals surface area (Å²) in [4.78, 5) is 13.7. The highest BCUT2D eigenvalue weighted by atomic mass is 16.5. The average Bonchev–Trinajstić information content (AvgIpc) is 2.89. The Hall–Kier alpha value is -1.33. The summed E-state index contributed by atoms with van der Waals surface area (Å²) >= 11 is 0. The Morgan fingerprint density at radius 2 is 2.37 bits per heavy atom. The predicted octanol–water partition coefficient (Wildman–Crippen LogP) is 1.77. The zero-order valence-corrected chi connectivity index (χ0v) is 11.4. The van der Waals surface area contributed by atoms with Crippen LogP contribution in [0.1, 0.15) is 42.0 Å². The summed E-state index contributed by atoms with van der Waals surface area (Å²) < 4.78 is 10.2. The van der Waals surface area contributed by atoms with Gasteiger partial charge in [-0.05, 0) is 44.5 Å². The molecule has 5 heteroatoms. The molecule has 2 rings (SSSR count). The van der Waals surface area contributed by atoms with Gasteiger partial charge in [-0.3, -0.25) is 4.90 Å². The largest absolute Gasteiger partial charge is 0.463 e. The van der Waals surface area contributed by atoms with Gasteiger partial charge in [-0.15, -0.1) is 0 Å². The van der Waals surface area contributed by atoms with Gasteiger partial charge < -0.3 is 14.9 Å². The monoisotopic (exact) mass is 266 g/mol. The van der Waals surface area contributed by atoms with Gasteiger partial charge in [0, 0.05) is 6.04 Å². The highest BCUT2D eigenvalue weighted by Crippen LogP contribution is 2.22. The van der Waals surface area contributed by atoms with Gasteiger partial charge in [0.25, 0.3) is 0 Å². The number of likely N-dealkylation sites (tertiary alicyclic amines) is 1. The van der Waals surface area contributed by atoms with Gasteiger partial charge in [-0.2, -0.15) is 0 Å². The van der Waals surface area contributed by atoms with Crippen LogP contribution in [-0.2, 0) is 11.3 Å². The van der Waals surface area contributed by atoms with E-state index in [4.69, 9.17) is 10.2 Å². The molecule has 19 heavy (non-hydrogen) atoms. The van der Waals surface area contributed by atoms with E-state index in [2.05, 4.69) is 9.64 Å². The number of ether oxygens (including phenoxy) is 1. The molecular weight excluding hydrogens is 244 g/mol. The summed E-state index contributed by atoms with van der Waals surface area (Å²) in [5.74, 6) is 0.651. The number of nitrogens with zero attached hydrogens (tertiary/aromatic N) is 1. The van der Waals surface area contributed by atoms with Crippen LogP contribution in [0.3, 0.4) is 0 Å². The number of nitrogens with two attached hydrogens (primary N) is 1. The van der Waals surface area contributed by atoms with Crippen molar-refractivity contribution in [2.45, 2.75) is 38.3 Å². The second kappa shape index (κ2) is 6.73. The van der Waals surface area contributed by atoms with Crippen molar-refractivity contribution in [2.75, 3.05) is 20.2 Å². The SMILES string of the molecule is COC(=O)c1ccc(CN2CCCCC2CCN)o1. The first-order chi connectivity index (χ1) is 9.24. The summed E-state index contributed by atoms with van der Waals surface area (Å²) in [5.41, 5.74) is 5.67. The number of rotatable bonds is 5. The number of carbonyl (C=O) groups excluding carboxylic acids is 1. The topological polar surface area (TPSA) is 68.7 Å². The molecule has 1 unspecified atom stereocenters. The molecule has 1 aromatic rings. The highest BCUT2D eigenvalue weighted by molar-refractivity contribution is 5.86. The van der Waals surface area contributed by atoms with Crippen LogP contribution in [0.15, 0.2) is 16.5 Å². The Morgan fingerprint density at radius 1 is 1.53 bits per heavy atom. The van der Waals surface area contributed by atoms with Crippen LogP contribution >= 0.6 is 0 Å². The maximum absolute atomic E-state index is 11.3. The first-order valence-electron chi connectivity index (χ1n) is 6.85. The molecule has 1 aliphatic heterocycles. The number of carbonyl (C=O) groups is 1. The second-order valence-corrected chi connectivity index (χ2v) is 4.95. The molecule has 1 saturated heterocycles. The molecule has 106 valence electrons. The van der Waals surface area contributed by atoms with Gasteiger partial charge in [0.05, 0.1) is 13.7 Å². The highest BCUT2D eigenvalue weighted by Gasteiger charge is 2.23. The molecule has 2 heterocycles. The van der Waals surface area contributed by atoms with E-state index in [0.29, 0.717) is 12.6 Å². The van der Waals surface area contributed by atoms with Gasteiger partial charge in [0.1, 0.15) is 5.76 Å². The quantitative estimate of drug-likeness (QED) is 0.823. The van der Waals surface area contributed by atoms with E-state index in [1.165, 1.54) is 26.4 Å². The molecule has 0 spiro atoms. The summed E-state index contributed by atoms with van der Waals surface area (Å²) in [6.07, 6.45) is 4.70. The lowest BCUT2D eigenvalue weighted by molar-refractivity contribution is 0.0558. The van der Waals surface area contributed by atoms with E-state index in [-0.39, 0.29) is 5.76 Å². The third-order valence-corrected chi connectivity index (χ3v) is 3.66. The molecule has 0 aromatic carbocycles. The molecule has 0 amide bonds. The molecule has 0 bridgehead atoms. The molecule has 5 nitrogen and oxygen atoms in total. The molecular formula is C14H22N2O3. The molecule has 1 aromatic heterocycles. The Morgan fingerprint density at radius 3 is 3.11 bits per heavy atom. The normalized spacial score (nSPS) is 20.4. The van der Waals surface area contributed by atoms with Crippen LogP contribution in [0.5, 0.6) is 0 Å². The minimum absolute atomic E-state index is 0.268. The summed E-state index contributed by atoms with van der Waals surface area (Å²) in [5, 5.41) is 0. The van der Waals surface area contributed by atoms with Crippen LogP contribution in [0.4, 0.5) is 0 Å². The fourth-order valence-corrected chi connectivity index (χ4v) is 2.66. The maximum Gasteiger partial charge on any atom is 0.373 e. The molecule has 1 atom stereocenters. The molecule has 0 radical (unpaired) electrons. The van der Waals surface area contributed by atoms with Crippen molar-refractivity contribution in [1.29, 1.82) is 0 Å². The Bertz CT molecular complexity index is 415. The van der Waals surface area contributed by atoms with Gasteiger partial charge in [0.2, 0.25) is 5.76 Å². The third kappa shape index (κ3) is 3.58. The van der Waals surface area contributed by atoms with Crippen molar-refractivity contribution in [3.63, 3.8) is 0 Å². The average molecular weight is 266 g/mol. The number of hydrogen-bond acceptors (Lipinski definition) is 5. The first-order valence-corrected chi connectivity index (χ1v) is 6.85. The van der Waals surface area contributed by atoms with Crippen molar-refractivity contribution >= 4 is 5.97 Å². The van der Waals surface area contributed by atoms with Crippen LogP contribution < -0.4 is 5.73 Å². The van der Waals surface area contributed by atoms with E-state index in [9.17, 15) is 4.79 Å². The first kappa shape index (κ1) is 14.1. The van der Waals surface area contributed by atoms with E-state index < -0.39 is 5.97 Å². The van der Waals surface area contributed by atoms with Crippen LogP contribution in [0.25, 0.3) is 0 Å². The molecule has 1 fully saturated rings. The lowest BCUT2D eigenvalue weighted by Gasteiger charge is -2.34. The van der Waals surface area contributed by atoms with Crippen molar-refractivity contribution in [2.24, 2.45) is 5.73 Å². The maximum atomic E-state index is 11.3. The molecule has 0 saturated carbocycles.